The summed E-state index contributed by atoms with van der Waals surface area (Å²) in [5.74, 6) is 0.330. The van der Waals surface area contributed by atoms with Gasteiger partial charge in [-0.15, -0.1) is 0 Å². The summed E-state index contributed by atoms with van der Waals surface area (Å²) >= 11 is 5.96. The molecular weight excluding hydrogens is 404 g/mol. The van der Waals surface area contributed by atoms with Crippen LogP contribution in [0.25, 0.3) is 5.57 Å². The molecule has 0 aliphatic carbocycles. The molecular formula is C23H25ClN2O4. The minimum absolute atomic E-state index is 0.294. The van der Waals surface area contributed by atoms with Crippen LogP contribution >= 0.6 is 11.6 Å². The third-order valence-electron chi connectivity index (χ3n) is 4.98. The van der Waals surface area contributed by atoms with Gasteiger partial charge >= 0.3 is 6.09 Å². The Balaban J connectivity index is 1.54. The zero-order valence-corrected chi connectivity index (χ0v) is 18.3. The first kappa shape index (κ1) is 20.5. The number of carbonyl (C=O) groups excluding carboxylic acids is 1. The number of benzene rings is 1. The predicted molar refractivity (Wildman–Crippen MR) is 115 cm³/mol. The van der Waals surface area contributed by atoms with Gasteiger partial charge in [-0.2, -0.15) is 0 Å². The Kier molecular flexibility index (Phi) is 5.14. The number of carbonyl (C=O) groups is 1. The van der Waals surface area contributed by atoms with E-state index in [-0.39, 0.29) is 6.09 Å². The Labute approximate surface area is 181 Å². The Morgan fingerprint density at radius 1 is 1.23 bits per heavy atom. The Morgan fingerprint density at radius 2 is 2.03 bits per heavy atom. The topological polar surface area (TPSA) is 60.9 Å². The van der Waals surface area contributed by atoms with Crippen molar-refractivity contribution in [2.75, 3.05) is 13.1 Å². The van der Waals surface area contributed by atoms with E-state index in [1.165, 1.54) is 0 Å². The molecule has 6 nitrogen and oxygen atoms in total. The molecule has 4 rings (SSSR count). The number of pyridine rings is 1. The molecule has 1 aromatic carbocycles. The Bertz CT molecular complexity index is 997. The van der Waals surface area contributed by atoms with E-state index < -0.39 is 11.4 Å². The lowest BCUT2D eigenvalue weighted by molar-refractivity contribution is -0.0718. The second kappa shape index (κ2) is 7.51. The van der Waals surface area contributed by atoms with Crippen molar-refractivity contribution in [1.82, 2.24) is 9.88 Å². The number of amides is 1. The van der Waals surface area contributed by atoms with Crippen molar-refractivity contribution in [3.63, 3.8) is 0 Å². The van der Waals surface area contributed by atoms with Gasteiger partial charge in [-0.25, -0.2) is 4.79 Å². The lowest BCUT2D eigenvalue weighted by Gasteiger charge is -2.30. The number of aromatic nitrogens is 1. The van der Waals surface area contributed by atoms with Crippen molar-refractivity contribution in [2.45, 2.75) is 45.5 Å². The zero-order valence-electron chi connectivity index (χ0n) is 17.6. The molecule has 2 aliphatic rings. The van der Waals surface area contributed by atoms with Crippen LogP contribution in [0.4, 0.5) is 4.79 Å². The van der Waals surface area contributed by atoms with Crippen molar-refractivity contribution >= 4 is 23.3 Å². The van der Waals surface area contributed by atoms with Gasteiger partial charge in [0.15, 0.2) is 11.5 Å². The van der Waals surface area contributed by atoms with Gasteiger partial charge in [0, 0.05) is 31.8 Å². The maximum Gasteiger partial charge on any atom is 0.410 e. The van der Waals surface area contributed by atoms with Crippen LogP contribution in [0.2, 0.25) is 5.02 Å². The molecule has 158 valence electrons. The molecule has 0 saturated heterocycles. The van der Waals surface area contributed by atoms with Gasteiger partial charge in [-0.3, -0.25) is 4.98 Å². The van der Waals surface area contributed by atoms with Gasteiger partial charge in [0.25, 0.3) is 5.79 Å². The highest BCUT2D eigenvalue weighted by Crippen LogP contribution is 2.48. The fraction of sp³-hybridized carbons (Fsp3) is 0.391. The zero-order chi connectivity index (χ0) is 21.5. The van der Waals surface area contributed by atoms with E-state index in [1.54, 1.807) is 23.2 Å². The molecule has 2 aliphatic heterocycles. The monoisotopic (exact) mass is 428 g/mol. The van der Waals surface area contributed by atoms with Crippen LogP contribution in [0, 0.1) is 0 Å². The van der Waals surface area contributed by atoms with Crippen molar-refractivity contribution in [3.8, 4) is 11.5 Å². The SMILES string of the molecule is CC(C)(C)OC(=O)N1CC=C(c2cccc3c2O[C@@](C)(c2ccc(Cl)cn2)O3)CC1. The molecule has 0 unspecified atom stereocenters. The van der Waals surface area contributed by atoms with Crippen LogP contribution in [0.1, 0.15) is 45.4 Å². The third kappa shape index (κ3) is 4.10. The Morgan fingerprint density at radius 3 is 2.67 bits per heavy atom. The third-order valence-corrected chi connectivity index (χ3v) is 5.20. The van der Waals surface area contributed by atoms with Crippen molar-refractivity contribution in [2.24, 2.45) is 0 Å². The van der Waals surface area contributed by atoms with Gasteiger partial charge in [-0.05, 0) is 51.0 Å². The fourth-order valence-electron chi connectivity index (χ4n) is 3.53. The normalized spacial score (nSPS) is 20.7. The molecule has 7 heteroatoms. The van der Waals surface area contributed by atoms with Crippen molar-refractivity contribution < 1.29 is 19.0 Å². The number of para-hydroxylation sites is 1. The number of fused-ring (bicyclic) bond motifs is 1. The first-order chi connectivity index (χ1) is 14.1. The molecule has 0 spiro atoms. The quantitative estimate of drug-likeness (QED) is 0.640. The first-order valence-electron chi connectivity index (χ1n) is 9.95. The highest BCUT2D eigenvalue weighted by atomic mass is 35.5. The second-order valence-corrected chi connectivity index (χ2v) is 8.99. The van der Waals surface area contributed by atoms with Crippen LogP contribution in [-0.2, 0) is 10.5 Å². The average Bonchev–Trinajstić information content (AvgIpc) is 3.04. The number of ether oxygens (including phenoxy) is 3. The van der Waals surface area contributed by atoms with Crippen molar-refractivity contribution in [1.29, 1.82) is 0 Å². The lowest BCUT2D eigenvalue weighted by atomic mass is 9.98. The number of rotatable bonds is 2. The van der Waals surface area contributed by atoms with Gasteiger partial charge in [0.2, 0.25) is 0 Å². The van der Waals surface area contributed by atoms with Gasteiger partial charge in [-0.1, -0.05) is 29.8 Å². The molecule has 0 N–H and O–H groups in total. The molecule has 0 fully saturated rings. The molecule has 1 aromatic heterocycles. The van der Waals surface area contributed by atoms with Crippen molar-refractivity contribution in [3.05, 3.63) is 58.9 Å². The minimum atomic E-state index is -1.03. The summed E-state index contributed by atoms with van der Waals surface area (Å²) in [6, 6.07) is 9.40. The highest BCUT2D eigenvalue weighted by molar-refractivity contribution is 6.30. The van der Waals surface area contributed by atoms with Gasteiger partial charge in [0.05, 0.1) is 5.02 Å². The maximum atomic E-state index is 12.3. The number of hydrogen-bond acceptors (Lipinski definition) is 5. The average molecular weight is 429 g/mol. The molecule has 1 amide bonds. The number of halogens is 1. The van der Waals surface area contributed by atoms with E-state index in [0.29, 0.717) is 41.7 Å². The largest absolute Gasteiger partial charge is 0.444 e. The van der Waals surface area contributed by atoms with E-state index in [1.807, 2.05) is 52.0 Å². The summed E-state index contributed by atoms with van der Waals surface area (Å²) in [4.78, 5) is 18.4. The first-order valence-corrected chi connectivity index (χ1v) is 10.3. The Hall–Kier alpha value is -2.73. The summed E-state index contributed by atoms with van der Waals surface area (Å²) in [6.07, 6.45) is 4.03. The molecule has 2 aromatic rings. The molecule has 0 bridgehead atoms. The second-order valence-electron chi connectivity index (χ2n) is 8.55. The molecule has 1 atom stereocenters. The van der Waals surface area contributed by atoms with E-state index in [9.17, 15) is 4.79 Å². The summed E-state index contributed by atoms with van der Waals surface area (Å²) in [6.45, 7) is 8.52. The summed E-state index contributed by atoms with van der Waals surface area (Å²) in [7, 11) is 0. The fourth-order valence-corrected chi connectivity index (χ4v) is 3.65. The number of hydrogen-bond donors (Lipinski definition) is 0. The molecule has 30 heavy (non-hydrogen) atoms. The lowest BCUT2D eigenvalue weighted by Crippen LogP contribution is -2.39. The van der Waals surface area contributed by atoms with Crippen LogP contribution in [-0.4, -0.2) is 34.7 Å². The molecule has 0 radical (unpaired) electrons. The molecule has 3 heterocycles. The summed E-state index contributed by atoms with van der Waals surface area (Å²) < 4.78 is 17.9. The number of nitrogens with zero attached hydrogens (tertiary/aromatic N) is 2. The van der Waals surface area contributed by atoms with Crippen LogP contribution in [0.15, 0.2) is 42.6 Å². The predicted octanol–water partition coefficient (Wildman–Crippen LogP) is 5.40. The van der Waals surface area contributed by atoms with E-state index in [2.05, 4.69) is 4.98 Å². The maximum absolute atomic E-state index is 12.3. The van der Waals surface area contributed by atoms with Crippen LogP contribution in [0.5, 0.6) is 11.5 Å². The smallest absolute Gasteiger partial charge is 0.410 e. The minimum Gasteiger partial charge on any atom is -0.444 e. The van der Waals surface area contributed by atoms with Gasteiger partial charge in [0.1, 0.15) is 11.3 Å². The van der Waals surface area contributed by atoms with E-state index in [4.69, 9.17) is 25.8 Å². The summed E-state index contributed by atoms with van der Waals surface area (Å²) in [5, 5.41) is 0.556. The standard InChI is InChI=1S/C23H25ClN2O4/c1-22(2,3)30-21(27)26-12-10-15(11-13-26)17-6-5-7-18-20(17)29-23(4,28-18)19-9-8-16(24)14-25-19/h5-10,14H,11-13H2,1-4H3/t23-/m0/s1. The van der Waals surface area contributed by atoms with Crippen LogP contribution in [0.3, 0.4) is 0 Å². The van der Waals surface area contributed by atoms with Crippen LogP contribution < -0.4 is 9.47 Å². The highest BCUT2D eigenvalue weighted by Gasteiger charge is 2.41. The molecule has 0 saturated carbocycles. The van der Waals surface area contributed by atoms with E-state index in [0.717, 1.165) is 11.1 Å². The summed E-state index contributed by atoms with van der Waals surface area (Å²) in [5.41, 5.74) is 2.22. The van der Waals surface area contributed by atoms with Gasteiger partial charge < -0.3 is 19.1 Å². The van der Waals surface area contributed by atoms with E-state index >= 15 is 0 Å².